The summed E-state index contributed by atoms with van der Waals surface area (Å²) < 4.78 is 5.18. The first-order valence-electron chi connectivity index (χ1n) is 6.26. The number of ether oxygens (including phenoxy) is 1. The molecular weight excluding hydrogens is 262 g/mol. The van der Waals surface area contributed by atoms with E-state index in [0.717, 1.165) is 10.5 Å². The summed E-state index contributed by atoms with van der Waals surface area (Å²) in [5, 5.41) is 8.91. The molecule has 0 spiro atoms. The number of carboxylic acids is 1. The molecule has 3 rings (SSSR count). The molecule has 2 unspecified atom stereocenters. The zero-order chi connectivity index (χ0) is 14.4. The summed E-state index contributed by atoms with van der Waals surface area (Å²) in [5.41, 5.74) is 0.727. The van der Waals surface area contributed by atoms with E-state index in [9.17, 15) is 14.4 Å². The van der Waals surface area contributed by atoms with Crippen LogP contribution in [-0.4, -0.2) is 34.9 Å². The Balaban J connectivity index is 1.79. The highest BCUT2D eigenvalue weighted by molar-refractivity contribution is 6.13. The van der Waals surface area contributed by atoms with Crippen molar-refractivity contribution in [3.63, 3.8) is 0 Å². The number of amides is 2. The fourth-order valence-electron chi connectivity index (χ4n) is 2.86. The highest BCUT2D eigenvalue weighted by Crippen LogP contribution is 2.53. The molecule has 1 aliphatic carbocycles. The molecule has 2 amide bonds. The van der Waals surface area contributed by atoms with Crippen LogP contribution in [0, 0.1) is 17.8 Å². The van der Waals surface area contributed by atoms with Crippen molar-refractivity contribution in [2.24, 2.45) is 17.8 Å². The summed E-state index contributed by atoms with van der Waals surface area (Å²) in [7, 11) is 1.52. The summed E-state index contributed by atoms with van der Waals surface area (Å²) in [5.74, 6) is -3.42. The first kappa shape index (κ1) is 12.7. The zero-order valence-electron chi connectivity index (χ0n) is 10.8. The van der Waals surface area contributed by atoms with E-state index in [0.29, 0.717) is 5.75 Å². The fraction of sp³-hybridized carbons (Fsp3) is 0.357. The van der Waals surface area contributed by atoms with Crippen LogP contribution >= 0.6 is 0 Å². The van der Waals surface area contributed by atoms with E-state index in [2.05, 4.69) is 0 Å². The summed E-state index contributed by atoms with van der Waals surface area (Å²) in [6.45, 7) is 0.126. The molecule has 104 valence electrons. The maximum Gasteiger partial charge on any atom is 0.308 e. The first-order chi connectivity index (χ1) is 9.56. The van der Waals surface area contributed by atoms with Gasteiger partial charge >= 0.3 is 5.97 Å². The zero-order valence-corrected chi connectivity index (χ0v) is 10.8. The second kappa shape index (κ2) is 4.33. The summed E-state index contributed by atoms with van der Waals surface area (Å²) in [6.07, 6.45) is 0. The maximum atomic E-state index is 12.1. The molecule has 0 bridgehead atoms. The number of carbonyl (C=O) groups is 3. The van der Waals surface area contributed by atoms with Gasteiger partial charge in [0.2, 0.25) is 11.8 Å². The van der Waals surface area contributed by atoms with E-state index in [4.69, 9.17) is 9.84 Å². The minimum atomic E-state index is -1.07. The number of aliphatic carboxylic acids is 1. The Morgan fingerprint density at radius 3 is 2.40 bits per heavy atom. The number of piperidine rings is 1. The Labute approximate surface area is 114 Å². The highest BCUT2D eigenvalue weighted by atomic mass is 16.5. The lowest BCUT2D eigenvalue weighted by Crippen LogP contribution is -2.35. The number of benzene rings is 1. The SMILES string of the molecule is COc1ccccc1CN1C(=O)C2C(C(=O)O)C2C1=O. The van der Waals surface area contributed by atoms with Gasteiger partial charge in [0.1, 0.15) is 5.75 Å². The molecule has 1 saturated carbocycles. The van der Waals surface area contributed by atoms with Crippen LogP contribution in [0.4, 0.5) is 0 Å². The van der Waals surface area contributed by atoms with Gasteiger partial charge in [-0.3, -0.25) is 19.3 Å². The van der Waals surface area contributed by atoms with Gasteiger partial charge in [-0.1, -0.05) is 18.2 Å². The van der Waals surface area contributed by atoms with Crippen LogP contribution in [0.5, 0.6) is 5.75 Å². The van der Waals surface area contributed by atoms with Gasteiger partial charge in [0.05, 0.1) is 31.4 Å². The molecule has 2 fully saturated rings. The largest absolute Gasteiger partial charge is 0.496 e. The Morgan fingerprint density at radius 1 is 1.25 bits per heavy atom. The molecule has 20 heavy (non-hydrogen) atoms. The third kappa shape index (κ3) is 1.68. The van der Waals surface area contributed by atoms with Crippen molar-refractivity contribution in [1.29, 1.82) is 0 Å². The Hall–Kier alpha value is -2.37. The Bertz CT molecular complexity index is 589. The minimum absolute atomic E-state index is 0.126. The normalized spacial score (nSPS) is 27.4. The third-order valence-electron chi connectivity index (χ3n) is 3.93. The van der Waals surface area contributed by atoms with Crippen molar-refractivity contribution >= 4 is 17.8 Å². The molecule has 6 nitrogen and oxygen atoms in total. The molecule has 1 N–H and O–H groups in total. The van der Waals surface area contributed by atoms with Gasteiger partial charge in [0, 0.05) is 5.56 Å². The molecule has 0 aromatic heterocycles. The molecule has 2 aliphatic rings. The number of para-hydroxylation sites is 1. The van der Waals surface area contributed by atoms with Gasteiger partial charge in [-0.05, 0) is 6.07 Å². The molecule has 1 heterocycles. The van der Waals surface area contributed by atoms with Crippen LogP contribution < -0.4 is 4.74 Å². The predicted molar refractivity (Wildman–Crippen MR) is 66.7 cm³/mol. The quantitative estimate of drug-likeness (QED) is 0.809. The number of nitrogens with zero attached hydrogens (tertiary/aromatic N) is 1. The Morgan fingerprint density at radius 2 is 1.85 bits per heavy atom. The van der Waals surface area contributed by atoms with Crippen molar-refractivity contribution in [2.75, 3.05) is 7.11 Å². The molecule has 1 aromatic carbocycles. The van der Waals surface area contributed by atoms with Crippen LogP contribution in [-0.2, 0) is 20.9 Å². The molecule has 0 radical (unpaired) electrons. The number of rotatable bonds is 4. The number of methoxy groups -OCH3 is 1. The van der Waals surface area contributed by atoms with Gasteiger partial charge < -0.3 is 9.84 Å². The average molecular weight is 275 g/mol. The van der Waals surface area contributed by atoms with E-state index >= 15 is 0 Å². The number of carbonyl (C=O) groups excluding carboxylic acids is 2. The number of hydrogen-bond donors (Lipinski definition) is 1. The first-order valence-corrected chi connectivity index (χ1v) is 6.26. The molecule has 1 aromatic rings. The Kier molecular flexibility index (Phi) is 2.74. The number of imide groups is 1. The van der Waals surface area contributed by atoms with Crippen LogP contribution in [0.15, 0.2) is 24.3 Å². The predicted octanol–water partition coefficient (Wildman–Crippen LogP) is 0.511. The van der Waals surface area contributed by atoms with Crippen LogP contribution in [0.1, 0.15) is 5.56 Å². The monoisotopic (exact) mass is 275 g/mol. The summed E-state index contributed by atoms with van der Waals surface area (Å²) in [4.78, 5) is 36.2. The van der Waals surface area contributed by atoms with Crippen molar-refractivity contribution in [1.82, 2.24) is 4.90 Å². The van der Waals surface area contributed by atoms with Crippen LogP contribution in [0.2, 0.25) is 0 Å². The van der Waals surface area contributed by atoms with Gasteiger partial charge in [0.15, 0.2) is 0 Å². The smallest absolute Gasteiger partial charge is 0.308 e. The molecule has 6 heteroatoms. The summed E-state index contributed by atoms with van der Waals surface area (Å²) in [6, 6.07) is 7.12. The lowest BCUT2D eigenvalue weighted by molar-refractivity contribution is -0.149. The highest BCUT2D eigenvalue weighted by Gasteiger charge is 2.70. The second-order valence-corrected chi connectivity index (χ2v) is 4.99. The lowest BCUT2D eigenvalue weighted by atomic mass is 10.1. The van der Waals surface area contributed by atoms with Crippen molar-refractivity contribution in [2.45, 2.75) is 6.54 Å². The number of hydrogen-bond acceptors (Lipinski definition) is 4. The number of likely N-dealkylation sites (tertiary alicyclic amines) is 1. The molecular formula is C14H13NO5. The van der Waals surface area contributed by atoms with Crippen molar-refractivity contribution in [3.8, 4) is 5.75 Å². The topological polar surface area (TPSA) is 83.9 Å². The maximum absolute atomic E-state index is 12.1. The standard InChI is InChI=1S/C14H13NO5/c1-20-8-5-3-2-4-7(8)6-15-12(16)9-10(13(15)17)11(9)14(18)19/h2-5,9-11H,6H2,1H3,(H,18,19). The number of carboxylic acid groups (broad SMARTS) is 1. The van der Waals surface area contributed by atoms with Crippen LogP contribution in [0.25, 0.3) is 0 Å². The van der Waals surface area contributed by atoms with E-state index in [-0.39, 0.29) is 6.54 Å². The minimum Gasteiger partial charge on any atom is -0.496 e. The van der Waals surface area contributed by atoms with Crippen LogP contribution in [0.3, 0.4) is 0 Å². The fourth-order valence-corrected chi connectivity index (χ4v) is 2.86. The van der Waals surface area contributed by atoms with Gasteiger partial charge in [0.25, 0.3) is 0 Å². The summed E-state index contributed by atoms with van der Waals surface area (Å²) >= 11 is 0. The average Bonchev–Trinajstić information content (AvgIpc) is 3.14. The van der Waals surface area contributed by atoms with Crippen molar-refractivity contribution < 1.29 is 24.2 Å². The molecule has 2 atom stereocenters. The van der Waals surface area contributed by atoms with Gasteiger partial charge in [-0.2, -0.15) is 0 Å². The van der Waals surface area contributed by atoms with E-state index in [1.807, 2.05) is 0 Å². The van der Waals surface area contributed by atoms with E-state index < -0.39 is 35.5 Å². The number of fused-ring (bicyclic) bond motifs is 1. The van der Waals surface area contributed by atoms with Gasteiger partial charge in [-0.25, -0.2) is 0 Å². The van der Waals surface area contributed by atoms with E-state index in [1.165, 1.54) is 7.11 Å². The molecule has 1 saturated heterocycles. The third-order valence-corrected chi connectivity index (χ3v) is 3.93. The van der Waals surface area contributed by atoms with Crippen molar-refractivity contribution in [3.05, 3.63) is 29.8 Å². The van der Waals surface area contributed by atoms with Gasteiger partial charge in [-0.15, -0.1) is 0 Å². The molecule has 1 aliphatic heterocycles. The van der Waals surface area contributed by atoms with E-state index in [1.54, 1.807) is 24.3 Å². The second-order valence-electron chi connectivity index (χ2n) is 4.99. The lowest BCUT2D eigenvalue weighted by Gasteiger charge is -2.19.